The summed E-state index contributed by atoms with van der Waals surface area (Å²) in [6.07, 6.45) is 3.10. The van der Waals surface area contributed by atoms with Crippen molar-refractivity contribution in [1.29, 1.82) is 0 Å². The molecule has 0 atom stereocenters. The van der Waals surface area contributed by atoms with Gasteiger partial charge in [-0.05, 0) is 49.7 Å². The molecular weight excluding hydrogens is 348 g/mol. The van der Waals surface area contributed by atoms with Crippen molar-refractivity contribution in [3.05, 3.63) is 77.2 Å². The van der Waals surface area contributed by atoms with Crippen molar-refractivity contribution in [2.75, 3.05) is 16.8 Å². The monoisotopic (exact) mass is 366 g/mol. The van der Waals surface area contributed by atoms with Crippen molar-refractivity contribution >= 4 is 34.7 Å². The molecule has 1 N–H and O–H groups in total. The van der Waals surface area contributed by atoms with E-state index < -0.39 is 0 Å². The quantitative estimate of drug-likeness (QED) is 0.701. The lowest BCUT2D eigenvalue weighted by Crippen LogP contribution is -2.19. The predicted octanol–water partition coefficient (Wildman–Crippen LogP) is 4.85. The number of anilines is 3. The molecule has 0 aliphatic rings. The number of hydrogen-bond donors (Lipinski definition) is 1. The van der Waals surface area contributed by atoms with E-state index in [0.29, 0.717) is 16.5 Å². The Balaban J connectivity index is 1.77. The Morgan fingerprint density at radius 1 is 1.12 bits per heavy atom. The van der Waals surface area contributed by atoms with Gasteiger partial charge in [0.2, 0.25) is 0 Å². The number of benzene rings is 2. The highest BCUT2D eigenvalue weighted by Crippen LogP contribution is 2.23. The number of hydrogen-bond acceptors (Lipinski definition) is 4. The maximum atomic E-state index is 12.4. The van der Waals surface area contributed by atoms with Crippen LogP contribution in [0.15, 0.2) is 60.9 Å². The van der Waals surface area contributed by atoms with Crippen molar-refractivity contribution in [3.63, 3.8) is 0 Å². The summed E-state index contributed by atoms with van der Waals surface area (Å²) in [7, 11) is 0. The second kappa shape index (κ2) is 7.97. The predicted molar refractivity (Wildman–Crippen MR) is 105 cm³/mol. The molecule has 0 fully saturated rings. The van der Waals surface area contributed by atoms with Crippen LogP contribution in [0.1, 0.15) is 23.0 Å². The average molecular weight is 367 g/mol. The first-order chi connectivity index (χ1) is 12.6. The molecule has 1 amide bonds. The highest BCUT2D eigenvalue weighted by Gasteiger charge is 2.13. The van der Waals surface area contributed by atoms with Crippen LogP contribution in [0.4, 0.5) is 17.2 Å². The first kappa shape index (κ1) is 17.9. The molecule has 2 aromatic carbocycles. The number of amides is 1. The van der Waals surface area contributed by atoms with Crippen molar-refractivity contribution in [3.8, 4) is 0 Å². The number of carbonyl (C=O) groups is 1. The topological polar surface area (TPSA) is 58.1 Å². The third-order valence-corrected chi connectivity index (χ3v) is 4.20. The fourth-order valence-electron chi connectivity index (χ4n) is 2.62. The van der Waals surface area contributed by atoms with Crippen molar-refractivity contribution in [1.82, 2.24) is 9.97 Å². The van der Waals surface area contributed by atoms with Gasteiger partial charge in [0.25, 0.3) is 5.91 Å². The van der Waals surface area contributed by atoms with Crippen LogP contribution in [0.2, 0.25) is 5.02 Å². The Bertz CT molecular complexity index is 897. The van der Waals surface area contributed by atoms with Crippen LogP contribution >= 0.6 is 11.6 Å². The molecule has 0 unspecified atom stereocenters. The van der Waals surface area contributed by atoms with Crippen LogP contribution in [-0.4, -0.2) is 22.4 Å². The Kier molecular flexibility index (Phi) is 5.49. The number of carbonyl (C=O) groups excluding carboxylic acids is 1. The van der Waals surface area contributed by atoms with Gasteiger partial charge in [-0.2, -0.15) is 0 Å². The Labute approximate surface area is 157 Å². The van der Waals surface area contributed by atoms with Crippen molar-refractivity contribution in [2.45, 2.75) is 13.8 Å². The van der Waals surface area contributed by atoms with Gasteiger partial charge in [-0.15, -0.1) is 0 Å². The maximum absolute atomic E-state index is 12.4. The standard InChI is InChI=1S/C20H19ClN4O/c1-3-25(16-7-5-4-6-8-16)19-13-22-18(12-23-19)20(26)24-17-10-9-15(21)11-14(17)2/h4-13H,3H2,1-2H3,(H,24,26). The molecule has 26 heavy (non-hydrogen) atoms. The van der Waals surface area contributed by atoms with E-state index >= 15 is 0 Å². The third-order valence-electron chi connectivity index (χ3n) is 3.97. The molecule has 1 aromatic heterocycles. The van der Waals surface area contributed by atoms with E-state index in [9.17, 15) is 4.79 Å². The molecule has 0 bridgehead atoms. The molecule has 0 saturated carbocycles. The minimum atomic E-state index is -0.308. The molecular formula is C20H19ClN4O. The van der Waals surface area contributed by atoms with E-state index in [1.807, 2.05) is 49.1 Å². The first-order valence-corrected chi connectivity index (χ1v) is 8.68. The summed E-state index contributed by atoms with van der Waals surface area (Å²) in [5.41, 5.74) is 2.87. The van der Waals surface area contributed by atoms with Crippen LogP contribution in [0.5, 0.6) is 0 Å². The van der Waals surface area contributed by atoms with Gasteiger partial charge in [0.15, 0.2) is 5.82 Å². The van der Waals surface area contributed by atoms with Crippen molar-refractivity contribution in [2.24, 2.45) is 0 Å². The molecule has 3 rings (SSSR count). The lowest BCUT2D eigenvalue weighted by Gasteiger charge is -2.21. The summed E-state index contributed by atoms with van der Waals surface area (Å²) in [5.74, 6) is 0.384. The summed E-state index contributed by atoms with van der Waals surface area (Å²) in [4.78, 5) is 23.1. The first-order valence-electron chi connectivity index (χ1n) is 8.30. The normalized spacial score (nSPS) is 10.4. The molecule has 0 aliphatic heterocycles. The zero-order valence-electron chi connectivity index (χ0n) is 14.6. The summed E-state index contributed by atoms with van der Waals surface area (Å²) in [5, 5.41) is 3.46. The SMILES string of the molecule is CCN(c1ccccc1)c1cnc(C(=O)Nc2ccc(Cl)cc2C)cn1. The number of aromatic nitrogens is 2. The summed E-state index contributed by atoms with van der Waals surface area (Å²) >= 11 is 5.94. The van der Waals surface area contributed by atoms with Crippen LogP contribution in [0.3, 0.4) is 0 Å². The molecule has 0 spiro atoms. The maximum Gasteiger partial charge on any atom is 0.275 e. The number of nitrogens with one attached hydrogen (secondary N) is 1. The smallest absolute Gasteiger partial charge is 0.275 e. The molecule has 0 saturated heterocycles. The van der Waals surface area contributed by atoms with Gasteiger partial charge in [0.05, 0.1) is 12.4 Å². The van der Waals surface area contributed by atoms with Gasteiger partial charge in [0.1, 0.15) is 5.69 Å². The van der Waals surface area contributed by atoms with Crippen LogP contribution in [0.25, 0.3) is 0 Å². The number of nitrogens with zero attached hydrogens (tertiary/aromatic N) is 3. The number of rotatable bonds is 5. The highest BCUT2D eigenvalue weighted by molar-refractivity contribution is 6.30. The van der Waals surface area contributed by atoms with Crippen molar-refractivity contribution < 1.29 is 4.79 Å². The summed E-state index contributed by atoms with van der Waals surface area (Å²) in [6, 6.07) is 15.2. The molecule has 5 nitrogen and oxygen atoms in total. The number of halogens is 1. The zero-order chi connectivity index (χ0) is 18.5. The van der Waals surface area contributed by atoms with Gasteiger partial charge in [-0.25, -0.2) is 9.97 Å². The Morgan fingerprint density at radius 3 is 2.50 bits per heavy atom. The molecule has 0 radical (unpaired) electrons. The lowest BCUT2D eigenvalue weighted by molar-refractivity contribution is 0.102. The fourth-order valence-corrected chi connectivity index (χ4v) is 2.84. The van der Waals surface area contributed by atoms with Crippen LogP contribution in [-0.2, 0) is 0 Å². The van der Waals surface area contributed by atoms with E-state index in [1.54, 1.807) is 24.4 Å². The minimum Gasteiger partial charge on any atom is -0.325 e. The van der Waals surface area contributed by atoms with Gasteiger partial charge < -0.3 is 10.2 Å². The molecule has 3 aromatic rings. The van der Waals surface area contributed by atoms with Gasteiger partial charge in [-0.3, -0.25) is 4.79 Å². The van der Waals surface area contributed by atoms with E-state index in [4.69, 9.17) is 11.6 Å². The second-order valence-corrected chi connectivity index (χ2v) is 6.19. The van der Waals surface area contributed by atoms with E-state index in [0.717, 1.165) is 17.8 Å². The fraction of sp³-hybridized carbons (Fsp3) is 0.150. The highest BCUT2D eigenvalue weighted by atomic mass is 35.5. The van der Waals surface area contributed by atoms with Crippen LogP contribution < -0.4 is 10.2 Å². The molecule has 132 valence electrons. The van der Waals surface area contributed by atoms with Gasteiger partial charge in [0, 0.05) is 22.9 Å². The minimum absolute atomic E-state index is 0.257. The van der Waals surface area contributed by atoms with Gasteiger partial charge in [-0.1, -0.05) is 29.8 Å². The van der Waals surface area contributed by atoms with Gasteiger partial charge >= 0.3 is 0 Å². The second-order valence-electron chi connectivity index (χ2n) is 5.75. The largest absolute Gasteiger partial charge is 0.325 e. The lowest BCUT2D eigenvalue weighted by atomic mass is 10.2. The average Bonchev–Trinajstić information content (AvgIpc) is 2.66. The third kappa shape index (κ3) is 4.00. The Hall–Kier alpha value is -2.92. The summed E-state index contributed by atoms with van der Waals surface area (Å²) in [6.45, 7) is 4.67. The molecule has 0 aliphatic carbocycles. The zero-order valence-corrected chi connectivity index (χ0v) is 15.4. The molecule has 1 heterocycles. The van der Waals surface area contributed by atoms with E-state index in [2.05, 4.69) is 15.3 Å². The van der Waals surface area contributed by atoms with E-state index in [-0.39, 0.29) is 11.6 Å². The summed E-state index contributed by atoms with van der Waals surface area (Å²) < 4.78 is 0. The number of aryl methyl sites for hydroxylation is 1. The van der Waals surface area contributed by atoms with Crippen LogP contribution in [0, 0.1) is 6.92 Å². The Morgan fingerprint density at radius 2 is 1.88 bits per heavy atom. The molecule has 6 heteroatoms. The van der Waals surface area contributed by atoms with E-state index in [1.165, 1.54) is 6.20 Å². The number of para-hydroxylation sites is 1.